The molecule has 2 amide bonds. The number of carbonyl (C=O) groups excluding carboxylic acids is 2. The van der Waals surface area contributed by atoms with Crippen molar-refractivity contribution < 1.29 is 9.59 Å². The number of aromatic nitrogens is 3. The van der Waals surface area contributed by atoms with E-state index in [1.165, 1.54) is 27.8 Å². The number of nitrogens with one attached hydrogen (secondary N) is 1. The van der Waals surface area contributed by atoms with Crippen LogP contribution in [-0.2, 0) is 17.9 Å². The van der Waals surface area contributed by atoms with E-state index in [1.807, 2.05) is 6.92 Å². The van der Waals surface area contributed by atoms with Gasteiger partial charge in [0.15, 0.2) is 5.82 Å². The third-order valence-electron chi connectivity index (χ3n) is 3.26. The normalized spacial score (nSPS) is 10.4. The molecule has 0 aliphatic carbocycles. The van der Waals surface area contributed by atoms with Crippen molar-refractivity contribution in [2.24, 2.45) is 0 Å². The highest BCUT2D eigenvalue weighted by Gasteiger charge is 2.12. The molecule has 0 unspecified atom stereocenters. The van der Waals surface area contributed by atoms with Crippen LogP contribution in [0.2, 0.25) is 0 Å². The summed E-state index contributed by atoms with van der Waals surface area (Å²) in [6, 6.07) is 4.38. The molecule has 0 saturated carbocycles. The molecule has 0 bridgehead atoms. The lowest BCUT2D eigenvalue weighted by Crippen LogP contribution is -2.31. The average molecular weight is 317 g/mol. The number of amides is 2. The van der Waals surface area contributed by atoms with E-state index in [4.69, 9.17) is 0 Å². The molecule has 0 radical (unpaired) electrons. The van der Waals surface area contributed by atoms with Crippen molar-refractivity contribution in [1.82, 2.24) is 19.2 Å². The minimum Gasteiger partial charge on any atom is -0.347 e. The van der Waals surface area contributed by atoms with Crippen LogP contribution >= 0.6 is 0 Å². The SMILES string of the molecule is CCn1ccc(NC(=O)c2ccc(=O)n(CC(=O)N(C)C)c2)n1. The monoisotopic (exact) mass is 317 g/mol. The molecule has 0 atom stereocenters. The molecule has 0 aromatic carbocycles. The molecular formula is C15H19N5O3. The fourth-order valence-electron chi connectivity index (χ4n) is 1.87. The fourth-order valence-corrected chi connectivity index (χ4v) is 1.87. The summed E-state index contributed by atoms with van der Waals surface area (Å²) >= 11 is 0. The van der Waals surface area contributed by atoms with Crippen molar-refractivity contribution in [1.29, 1.82) is 0 Å². The third-order valence-corrected chi connectivity index (χ3v) is 3.26. The number of rotatable bonds is 5. The van der Waals surface area contributed by atoms with Gasteiger partial charge in [-0.1, -0.05) is 0 Å². The maximum absolute atomic E-state index is 12.2. The van der Waals surface area contributed by atoms with Gasteiger partial charge in [0.1, 0.15) is 6.54 Å². The topological polar surface area (TPSA) is 89.2 Å². The van der Waals surface area contributed by atoms with E-state index in [1.54, 1.807) is 31.0 Å². The number of carbonyl (C=O) groups is 2. The molecule has 2 aromatic rings. The van der Waals surface area contributed by atoms with Gasteiger partial charge in [-0.05, 0) is 13.0 Å². The number of anilines is 1. The second kappa shape index (κ2) is 6.91. The molecule has 2 aromatic heterocycles. The lowest BCUT2D eigenvalue weighted by Gasteiger charge is -2.12. The summed E-state index contributed by atoms with van der Waals surface area (Å²) < 4.78 is 2.90. The first kappa shape index (κ1) is 16.5. The third kappa shape index (κ3) is 4.06. The highest BCUT2D eigenvalue weighted by molar-refractivity contribution is 6.03. The molecule has 8 heteroatoms. The van der Waals surface area contributed by atoms with Gasteiger partial charge in [0.25, 0.3) is 11.5 Å². The van der Waals surface area contributed by atoms with Crippen LogP contribution in [-0.4, -0.2) is 45.2 Å². The molecule has 122 valence electrons. The smallest absolute Gasteiger partial charge is 0.258 e. The summed E-state index contributed by atoms with van der Waals surface area (Å²) in [6.45, 7) is 2.53. The van der Waals surface area contributed by atoms with Crippen molar-refractivity contribution in [2.75, 3.05) is 19.4 Å². The Hall–Kier alpha value is -2.90. The summed E-state index contributed by atoms with van der Waals surface area (Å²) in [5.74, 6) is -0.192. The van der Waals surface area contributed by atoms with Crippen molar-refractivity contribution in [3.63, 3.8) is 0 Å². The maximum atomic E-state index is 12.2. The Balaban J connectivity index is 2.17. The van der Waals surface area contributed by atoms with Gasteiger partial charge in [0.05, 0.1) is 5.56 Å². The Bertz CT molecular complexity index is 775. The number of pyridine rings is 1. The Morgan fingerprint density at radius 3 is 2.61 bits per heavy atom. The number of hydrogen-bond donors (Lipinski definition) is 1. The second-order valence-corrected chi connectivity index (χ2v) is 5.18. The van der Waals surface area contributed by atoms with E-state index < -0.39 is 5.91 Å². The van der Waals surface area contributed by atoms with Gasteiger partial charge < -0.3 is 14.8 Å². The minimum atomic E-state index is -0.391. The summed E-state index contributed by atoms with van der Waals surface area (Å²) in [7, 11) is 3.21. The molecule has 2 rings (SSSR count). The molecule has 2 heterocycles. The maximum Gasteiger partial charge on any atom is 0.258 e. The number of hydrogen-bond acceptors (Lipinski definition) is 4. The van der Waals surface area contributed by atoms with Crippen molar-refractivity contribution in [3.8, 4) is 0 Å². The Morgan fingerprint density at radius 2 is 2.00 bits per heavy atom. The van der Waals surface area contributed by atoms with Gasteiger partial charge in [-0.15, -0.1) is 0 Å². The van der Waals surface area contributed by atoms with Crippen molar-refractivity contribution in [3.05, 3.63) is 46.5 Å². The first-order chi connectivity index (χ1) is 10.9. The molecule has 8 nitrogen and oxygen atoms in total. The second-order valence-electron chi connectivity index (χ2n) is 5.18. The van der Waals surface area contributed by atoms with Gasteiger partial charge in [-0.2, -0.15) is 5.10 Å². The molecule has 0 fully saturated rings. The summed E-state index contributed by atoms with van der Waals surface area (Å²) in [4.78, 5) is 37.1. The Labute approximate surface area is 133 Å². The number of nitrogens with zero attached hydrogens (tertiary/aromatic N) is 4. The fraction of sp³-hybridized carbons (Fsp3) is 0.333. The highest BCUT2D eigenvalue weighted by atomic mass is 16.2. The zero-order valence-corrected chi connectivity index (χ0v) is 13.3. The van der Waals surface area contributed by atoms with E-state index in [2.05, 4.69) is 10.4 Å². The summed E-state index contributed by atoms with van der Waals surface area (Å²) in [5, 5.41) is 6.82. The summed E-state index contributed by atoms with van der Waals surface area (Å²) in [6.07, 6.45) is 3.13. The largest absolute Gasteiger partial charge is 0.347 e. The van der Waals surface area contributed by atoms with Crippen LogP contribution in [0.5, 0.6) is 0 Å². The lowest BCUT2D eigenvalue weighted by atomic mass is 10.2. The van der Waals surface area contributed by atoms with Crippen LogP contribution in [0, 0.1) is 0 Å². The van der Waals surface area contributed by atoms with Crippen molar-refractivity contribution in [2.45, 2.75) is 20.0 Å². The zero-order chi connectivity index (χ0) is 17.0. The number of aryl methyl sites for hydroxylation is 1. The van der Waals surface area contributed by atoms with E-state index in [0.29, 0.717) is 12.4 Å². The molecule has 0 spiro atoms. The van der Waals surface area contributed by atoms with Crippen molar-refractivity contribution >= 4 is 17.6 Å². The predicted octanol–water partition coefficient (Wildman–Crippen LogP) is 0.405. The van der Waals surface area contributed by atoms with Gasteiger partial charge in [-0.25, -0.2) is 0 Å². The first-order valence-corrected chi connectivity index (χ1v) is 7.16. The van der Waals surface area contributed by atoms with Crippen LogP contribution in [0.25, 0.3) is 0 Å². The standard InChI is InChI=1S/C15H19N5O3/c1-4-20-8-7-12(17-20)16-15(23)11-5-6-13(21)19(9-11)10-14(22)18(2)3/h5-9H,4,10H2,1-3H3,(H,16,17,23). The average Bonchev–Trinajstić information content (AvgIpc) is 2.96. The van der Waals surface area contributed by atoms with E-state index in [-0.39, 0.29) is 23.6 Å². The Morgan fingerprint density at radius 1 is 1.26 bits per heavy atom. The van der Waals surface area contributed by atoms with Gasteiger partial charge in [0, 0.05) is 45.2 Å². The highest BCUT2D eigenvalue weighted by Crippen LogP contribution is 2.06. The van der Waals surface area contributed by atoms with E-state index >= 15 is 0 Å². The quantitative estimate of drug-likeness (QED) is 0.865. The first-order valence-electron chi connectivity index (χ1n) is 7.16. The molecular weight excluding hydrogens is 298 g/mol. The summed E-state index contributed by atoms with van der Waals surface area (Å²) in [5.41, 5.74) is -0.0609. The van der Waals surface area contributed by atoms with Gasteiger partial charge >= 0.3 is 0 Å². The van der Waals surface area contributed by atoms with Crippen LogP contribution in [0.1, 0.15) is 17.3 Å². The van der Waals surface area contributed by atoms with E-state index in [0.717, 1.165) is 0 Å². The zero-order valence-electron chi connectivity index (χ0n) is 13.3. The minimum absolute atomic E-state index is 0.114. The molecule has 0 aliphatic rings. The van der Waals surface area contributed by atoms with Crippen LogP contribution in [0.3, 0.4) is 0 Å². The van der Waals surface area contributed by atoms with Crippen LogP contribution < -0.4 is 10.9 Å². The number of likely N-dealkylation sites (N-methyl/N-ethyl adjacent to an activating group) is 1. The van der Waals surface area contributed by atoms with Crippen LogP contribution in [0.4, 0.5) is 5.82 Å². The molecule has 1 N–H and O–H groups in total. The van der Waals surface area contributed by atoms with Crippen LogP contribution in [0.15, 0.2) is 35.4 Å². The molecule has 0 saturated heterocycles. The predicted molar refractivity (Wildman–Crippen MR) is 85.3 cm³/mol. The Kier molecular flexibility index (Phi) is 4.95. The van der Waals surface area contributed by atoms with Gasteiger partial charge in [0.2, 0.25) is 5.91 Å². The molecule has 0 aliphatic heterocycles. The molecule has 23 heavy (non-hydrogen) atoms. The van der Waals surface area contributed by atoms with Gasteiger partial charge in [-0.3, -0.25) is 19.1 Å². The van der Waals surface area contributed by atoms with E-state index in [9.17, 15) is 14.4 Å². The lowest BCUT2D eigenvalue weighted by molar-refractivity contribution is -0.129.